The molecular formula is C10H11ClN2O4. The fraction of sp³-hybridized carbons (Fsp3) is 0.200. The van der Waals surface area contributed by atoms with E-state index < -0.39 is 24.6 Å². The lowest BCUT2D eigenvalue weighted by molar-refractivity contribution is -0.140. The molecule has 1 rings (SSSR count). The summed E-state index contributed by atoms with van der Waals surface area (Å²) in [5.74, 6) is -1.32. The molecule has 17 heavy (non-hydrogen) atoms. The summed E-state index contributed by atoms with van der Waals surface area (Å²) in [5.41, 5.74) is 0.355. The van der Waals surface area contributed by atoms with E-state index in [0.717, 1.165) is 0 Å². The summed E-state index contributed by atoms with van der Waals surface area (Å²) in [7, 11) is 0. The van der Waals surface area contributed by atoms with Gasteiger partial charge in [0.05, 0.1) is 17.3 Å². The van der Waals surface area contributed by atoms with Gasteiger partial charge >= 0.3 is 12.0 Å². The van der Waals surface area contributed by atoms with Crippen LogP contribution >= 0.6 is 11.6 Å². The number of amides is 2. The molecule has 1 aromatic carbocycles. The molecule has 7 heteroatoms. The van der Waals surface area contributed by atoms with Gasteiger partial charge in [-0.2, -0.15) is 0 Å². The van der Waals surface area contributed by atoms with Crippen molar-refractivity contribution < 1.29 is 19.8 Å². The number of para-hydroxylation sites is 1. The molecule has 0 aromatic heterocycles. The van der Waals surface area contributed by atoms with Crippen molar-refractivity contribution in [1.82, 2.24) is 5.32 Å². The van der Waals surface area contributed by atoms with Gasteiger partial charge in [-0.1, -0.05) is 23.7 Å². The number of carboxylic acids is 1. The van der Waals surface area contributed by atoms with Gasteiger partial charge in [0.1, 0.15) is 0 Å². The van der Waals surface area contributed by atoms with E-state index in [4.69, 9.17) is 21.8 Å². The van der Waals surface area contributed by atoms with Crippen molar-refractivity contribution in [3.8, 4) is 0 Å². The number of urea groups is 1. The molecule has 0 fully saturated rings. The number of carbonyl (C=O) groups is 2. The van der Waals surface area contributed by atoms with Crippen molar-refractivity contribution in [3.63, 3.8) is 0 Å². The smallest absolute Gasteiger partial charge is 0.328 e. The maximum absolute atomic E-state index is 11.4. The maximum atomic E-state index is 11.4. The Hall–Kier alpha value is -1.79. The van der Waals surface area contributed by atoms with E-state index in [1.165, 1.54) is 0 Å². The lowest BCUT2D eigenvalue weighted by atomic mass is 10.3. The fourth-order valence-electron chi connectivity index (χ4n) is 1.06. The third-order valence-electron chi connectivity index (χ3n) is 1.91. The van der Waals surface area contributed by atoms with Gasteiger partial charge in [-0.25, -0.2) is 9.59 Å². The monoisotopic (exact) mass is 258 g/mol. The molecule has 0 aliphatic rings. The zero-order valence-corrected chi connectivity index (χ0v) is 9.44. The molecule has 0 aliphatic carbocycles. The summed E-state index contributed by atoms with van der Waals surface area (Å²) in [5, 5.41) is 22.1. The number of aliphatic carboxylic acids is 1. The molecule has 2 amide bonds. The van der Waals surface area contributed by atoms with E-state index in [2.05, 4.69) is 10.6 Å². The van der Waals surface area contributed by atoms with Gasteiger partial charge in [0, 0.05) is 0 Å². The molecule has 0 aliphatic heterocycles. The molecule has 0 heterocycles. The Labute approximate surface area is 102 Å². The first-order valence-corrected chi connectivity index (χ1v) is 5.08. The first-order chi connectivity index (χ1) is 8.04. The summed E-state index contributed by atoms with van der Waals surface area (Å²) in [6.45, 7) is -0.689. The number of aliphatic hydroxyl groups is 1. The van der Waals surface area contributed by atoms with E-state index in [0.29, 0.717) is 10.7 Å². The Kier molecular flexibility index (Phi) is 4.74. The molecule has 1 atom stereocenters. The highest BCUT2D eigenvalue weighted by atomic mass is 35.5. The van der Waals surface area contributed by atoms with Gasteiger partial charge in [0.25, 0.3) is 0 Å². The minimum absolute atomic E-state index is 0.332. The second kappa shape index (κ2) is 6.07. The molecule has 4 N–H and O–H groups in total. The quantitative estimate of drug-likeness (QED) is 0.645. The van der Waals surface area contributed by atoms with Crippen molar-refractivity contribution in [2.45, 2.75) is 6.04 Å². The molecule has 1 unspecified atom stereocenters. The SMILES string of the molecule is O=C(Nc1ccccc1Cl)NC(CO)C(=O)O. The third-order valence-corrected chi connectivity index (χ3v) is 2.24. The Bertz CT molecular complexity index is 425. The summed E-state index contributed by atoms with van der Waals surface area (Å²) in [6.07, 6.45) is 0. The average Bonchev–Trinajstić information content (AvgIpc) is 2.28. The van der Waals surface area contributed by atoms with Gasteiger partial charge in [-0.3, -0.25) is 0 Å². The molecule has 0 spiro atoms. The second-order valence-electron chi connectivity index (χ2n) is 3.15. The highest BCUT2D eigenvalue weighted by molar-refractivity contribution is 6.33. The Balaban J connectivity index is 2.61. The van der Waals surface area contributed by atoms with Gasteiger partial charge in [0.15, 0.2) is 6.04 Å². The van der Waals surface area contributed by atoms with Gasteiger partial charge in [-0.15, -0.1) is 0 Å². The summed E-state index contributed by atoms with van der Waals surface area (Å²) < 4.78 is 0. The van der Waals surface area contributed by atoms with Gasteiger partial charge < -0.3 is 20.8 Å². The van der Waals surface area contributed by atoms with Crippen molar-refractivity contribution in [3.05, 3.63) is 29.3 Å². The predicted molar refractivity (Wildman–Crippen MR) is 62.1 cm³/mol. The highest BCUT2D eigenvalue weighted by Crippen LogP contribution is 2.19. The Morgan fingerprint density at radius 2 is 2.00 bits per heavy atom. The predicted octanol–water partition coefficient (Wildman–Crippen LogP) is 0.907. The largest absolute Gasteiger partial charge is 0.480 e. The molecule has 0 bridgehead atoms. The van der Waals surface area contributed by atoms with E-state index >= 15 is 0 Å². The lowest BCUT2D eigenvalue weighted by Crippen LogP contribution is -2.45. The number of halogens is 1. The maximum Gasteiger partial charge on any atom is 0.328 e. The zero-order valence-electron chi connectivity index (χ0n) is 8.68. The highest BCUT2D eigenvalue weighted by Gasteiger charge is 2.18. The lowest BCUT2D eigenvalue weighted by Gasteiger charge is -2.13. The minimum atomic E-state index is -1.35. The normalized spacial score (nSPS) is 11.6. The number of hydrogen-bond donors (Lipinski definition) is 4. The number of carbonyl (C=O) groups excluding carboxylic acids is 1. The Morgan fingerprint density at radius 1 is 1.35 bits per heavy atom. The fourth-order valence-corrected chi connectivity index (χ4v) is 1.25. The van der Waals surface area contributed by atoms with Crippen LogP contribution in [0.2, 0.25) is 5.02 Å². The van der Waals surface area contributed by atoms with Crippen LogP contribution in [0.25, 0.3) is 0 Å². The second-order valence-corrected chi connectivity index (χ2v) is 3.56. The van der Waals surface area contributed by atoms with E-state index in [9.17, 15) is 9.59 Å². The molecule has 92 valence electrons. The van der Waals surface area contributed by atoms with Crippen LogP contribution in [0.3, 0.4) is 0 Å². The molecule has 0 radical (unpaired) electrons. The zero-order chi connectivity index (χ0) is 12.8. The molecule has 6 nitrogen and oxygen atoms in total. The van der Waals surface area contributed by atoms with Crippen LogP contribution in [-0.2, 0) is 4.79 Å². The summed E-state index contributed by atoms with van der Waals surface area (Å²) >= 11 is 5.79. The molecule has 0 saturated heterocycles. The average molecular weight is 259 g/mol. The van der Waals surface area contributed by atoms with E-state index in [1.807, 2.05) is 0 Å². The molecule has 1 aromatic rings. The number of benzene rings is 1. The van der Waals surface area contributed by atoms with Crippen LogP contribution in [0.5, 0.6) is 0 Å². The standard InChI is InChI=1S/C10H11ClN2O4/c11-6-3-1-2-4-7(6)12-10(17)13-8(5-14)9(15)16/h1-4,8,14H,5H2,(H,15,16)(H2,12,13,17). The van der Waals surface area contributed by atoms with Crippen LogP contribution in [-0.4, -0.2) is 34.9 Å². The first kappa shape index (κ1) is 13.3. The van der Waals surface area contributed by atoms with Crippen molar-refractivity contribution in [2.24, 2.45) is 0 Å². The van der Waals surface area contributed by atoms with Crippen LogP contribution in [0.1, 0.15) is 0 Å². The number of carboxylic acid groups (broad SMARTS) is 1. The van der Waals surface area contributed by atoms with Gasteiger partial charge in [0.2, 0.25) is 0 Å². The minimum Gasteiger partial charge on any atom is -0.480 e. The number of rotatable bonds is 4. The topological polar surface area (TPSA) is 98.7 Å². The van der Waals surface area contributed by atoms with Crippen molar-refractivity contribution >= 4 is 29.3 Å². The van der Waals surface area contributed by atoms with Crippen LogP contribution in [0.4, 0.5) is 10.5 Å². The summed E-state index contributed by atoms with van der Waals surface area (Å²) in [4.78, 5) is 21.9. The summed E-state index contributed by atoms with van der Waals surface area (Å²) in [6, 6.07) is 4.41. The van der Waals surface area contributed by atoms with E-state index in [1.54, 1.807) is 24.3 Å². The van der Waals surface area contributed by atoms with Crippen LogP contribution in [0.15, 0.2) is 24.3 Å². The van der Waals surface area contributed by atoms with Crippen molar-refractivity contribution in [1.29, 1.82) is 0 Å². The third kappa shape index (κ3) is 3.93. The number of hydrogen-bond acceptors (Lipinski definition) is 3. The Morgan fingerprint density at radius 3 is 2.53 bits per heavy atom. The van der Waals surface area contributed by atoms with Crippen LogP contribution < -0.4 is 10.6 Å². The molecule has 0 saturated carbocycles. The number of nitrogens with one attached hydrogen (secondary N) is 2. The first-order valence-electron chi connectivity index (χ1n) is 4.70. The van der Waals surface area contributed by atoms with Crippen molar-refractivity contribution in [2.75, 3.05) is 11.9 Å². The van der Waals surface area contributed by atoms with Crippen LogP contribution in [0, 0.1) is 0 Å². The molecular weight excluding hydrogens is 248 g/mol. The number of aliphatic hydroxyl groups excluding tert-OH is 1. The number of anilines is 1. The van der Waals surface area contributed by atoms with Gasteiger partial charge in [-0.05, 0) is 12.1 Å². The van der Waals surface area contributed by atoms with E-state index in [-0.39, 0.29) is 0 Å².